The van der Waals surface area contributed by atoms with Crippen molar-refractivity contribution in [2.24, 2.45) is 0 Å². The normalized spacial score (nSPS) is 10.1. The van der Waals surface area contributed by atoms with E-state index in [1.807, 2.05) is 6.07 Å². The Morgan fingerprint density at radius 1 is 1.39 bits per heavy atom. The van der Waals surface area contributed by atoms with Crippen LogP contribution in [0.3, 0.4) is 0 Å². The molecule has 0 fully saturated rings. The number of halogens is 2. The van der Waals surface area contributed by atoms with Crippen LogP contribution in [0.25, 0.3) is 0 Å². The molecule has 0 atom stereocenters. The third-order valence-corrected chi connectivity index (χ3v) is 2.88. The summed E-state index contributed by atoms with van der Waals surface area (Å²) in [6, 6.07) is 7.03. The summed E-state index contributed by atoms with van der Waals surface area (Å²) in [6.07, 6.45) is 1.11. The smallest absolute Gasteiger partial charge is 0.368 e. The predicted octanol–water partition coefficient (Wildman–Crippen LogP) is 3.44. The number of aromatic nitrogens is 2. The first-order valence-corrected chi connectivity index (χ1v) is 6.12. The summed E-state index contributed by atoms with van der Waals surface area (Å²) in [4.78, 5) is 17.5. The zero-order valence-electron chi connectivity index (χ0n) is 8.71. The van der Waals surface area contributed by atoms with Gasteiger partial charge >= 0.3 is 11.6 Å². The predicted molar refractivity (Wildman–Crippen MR) is 72.9 cm³/mol. The van der Waals surface area contributed by atoms with Crippen LogP contribution in [0, 0.1) is 13.7 Å². The van der Waals surface area contributed by atoms with Crippen molar-refractivity contribution >= 4 is 39.9 Å². The minimum atomic E-state index is -0.675. The maximum absolute atomic E-state index is 10.9. The van der Waals surface area contributed by atoms with Crippen LogP contribution in [0.1, 0.15) is 0 Å². The number of hydrogen-bond donors (Lipinski definition) is 0. The van der Waals surface area contributed by atoms with Crippen molar-refractivity contribution in [3.8, 4) is 11.6 Å². The Balaban J connectivity index is 2.40. The van der Waals surface area contributed by atoms with E-state index in [1.54, 1.807) is 18.2 Å². The molecule has 0 bridgehead atoms. The van der Waals surface area contributed by atoms with Gasteiger partial charge in [-0.15, -0.1) is 0 Å². The fourth-order valence-corrected chi connectivity index (χ4v) is 1.92. The molecule has 0 aliphatic rings. The van der Waals surface area contributed by atoms with Crippen LogP contribution in [0.2, 0.25) is 5.15 Å². The fourth-order valence-electron chi connectivity index (χ4n) is 1.21. The highest BCUT2D eigenvalue weighted by Gasteiger charge is 2.23. The van der Waals surface area contributed by atoms with Gasteiger partial charge < -0.3 is 4.74 Å². The lowest BCUT2D eigenvalue weighted by Crippen LogP contribution is -1.98. The first-order valence-electron chi connectivity index (χ1n) is 4.66. The van der Waals surface area contributed by atoms with Crippen LogP contribution in [0.4, 0.5) is 5.69 Å². The maximum Gasteiger partial charge on any atom is 0.368 e. The van der Waals surface area contributed by atoms with Gasteiger partial charge in [0.2, 0.25) is 5.15 Å². The summed E-state index contributed by atoms with van der Waals surface area (Å²) in [5.41, 5.74) is -0.446. The van der Waals surface area contributed by atoms with Gasteiger partial charge in [-0.3, -0.25) is 10.1 Å². The van der Waals surface area contributed by atoms with Crippen LogP contribution >= 0.6 is 34.2 Å². The Morgan fingerprint density at radius 3 is 2.83 bits per heavy atom. The average molecular weight is 378 g/mol. The van der Waals surface area contributed by atoms with Crippen molar-refractivity contribution in [1.82, 2.24) is 9.97 Å². The Kier molecular flexibility index (Phi) is 3.92. The molecule has 1 aromatic carbocycles. The Hall–Kier alpha value is -1.48. The van der Waals surface area contributed by atoms with Gasteiger partial charge in [-0.1, -0.05) is 17.7 Å². The Bertz CT molecular complexity index is 609. The van der Waals surface area contributed by atoms with Crippen molar-refractivity contribution < 1.29 is 9.66 Å². The summed E-state index contributed by atoms with van der Waals surface area (Å²) < 4.78 is 6.29. The van der Waals surface area contributed by atoms with Gasteiger partial charge in [0.05, 0.1) is 4.92 Å². The third kappa shape index (κ3) is 2.85. The van der Waals surface area contributed by atoms with Gasteiger partial charge in [-0.2, -0.15) is 4.98 Å². The fraction of sp³-hybridized carbons (Fsp3) is 0. The van der Waals surface area contributed by atoms with Gasteiger partial charge in [0.25, 0.3) is 0 Å². The highest BCUT2D eigenvalue weighted by Crippen LogP contribution is 2.33. The SMILES string of the molecule is O=[N+]([O-])c1c(Cl)ncnc1Oc1cccc(I)c1. The topological polar surface area (TPSA) is 78.2 Å². The second-order valence-corrected chi connectivity index (χ2v) is 4.74. The monoisotopic (exact) mass is 377 g/mol. The van der Waals surface area contributed by atoms with Gasteiger partial charge in [0, 0.05) is 3.57 Å². The molecule has 2 aromatic rings. The van der Waals surface area contributed by atoms with E-state index in [0.29, 0.717) is 5.75 Å². The largest absolute Gasteiger partial charge is 0.434 e. The molecular formula is C10H5ClIN3O3. The number of nitro groups is 1. The first-order chi connectivity index (χ1) is 8.58. The molecule has 0 aliphatic heterocycles. The molecule has 0 unspecified atom stereocenters. The second-order valence-electron chi connectivity index (χ2n) is 3.13. The number of nitrogens with zero attached hydrogens (tertiary/aromatic N) is 3. The average Bonchev–Trinajstić information content (AvgIpc) is 2.28. The van der Waals surface area contributed by atoms with Crippen molar-refractivity contribution in [3.05, 3.63) is 49.4 Å². The second kappa shape index (κ2) is 5.44. The summed E-state index contributed by atoms with van der Waals surface area (Å²) in [5, 5.41) is 10.6. The van der Waals surface area contributed by atoms with E-state index in [0.717, 1.165) is 9.90 Å². The first kappa shape index (κ1) is 13.0. The van der Waals surface area contributed by atoms with E-state index in [4.69, 9.17) is 16.3 Å². The quantitative estimate of drug-likeness (QED) is 0.354. The van der Waals surface area contributed by atoms with E-state index >= 15 is 0 Å². The lowest BCUT2D eigenvalue weighted by Gasteiger charge is -2.05. The highest BCUT2D eigenvalue weighted by molar-refractivity contribution is 14.1. The summed E-state index contributed by atoms with van der Waals surface area (Å²) in [6.45, 7) is 0. The van der Waals surface area contributed by atoms with Gasteiger partial charge in [0.15, 0.2) is 0 Å². The standard InChI is InChI=1S/C10H5ClIN3O3/c11-9-8(15(16)17)10(14-5-13-9)18-7-3-1-2-6(12)4-7/h1-5H. The van der Waals surface area contributed by atoms with Crippen LogP contribution in [0.15, 0.2) is 30.6 Å². The van der Waals surface area contributed by atoms with Crippen LogP contribution in [-0.2, 0) is 0 Å². The van der Waals surface area contributed by atoms with Gasteiger partial charge in [-0.25, -0.2) is 4.98 Å². The molecule has 0 amide bonds. The molecule has 6 nitrogen and oxygen atoms in total. The highest BCUT2D eigenvalue weighted by atomic mass is 127. The molecule has 0 radical (unpaired) electrons. The molecule has 0 aliphatic carbocycles. The number of ether oxygens (including phenoxy) is 1. The molecule has 2 rings (SSSR count). The van der Waals surface area contributed by atoms with E-state index in [9.17, 15) is 10.1 Å². The molecule has 0 N–H and O–H groups in total. The van der Waals surface area contributed by atoms with E-state index < -0.39 is 10.6 Å². The minimum absolute atomic E-state index is 0.179. The molecule has 92 valence electrons. The molecule has 1 aromatic heterocycles. The van der Waals surface area contributed by atoms with Gasteiger partial charge in [0.1, 0.15) is 12.1 Å². The molecule has 18 heavy (non-hydrogen) atoms. The number of benzene rings is 1. The molecule has 0 saturated heterocycles. The van der Waals surface area contributed by atoms with Crippen LogP contribution in [0.5, 0.6) is 11.6 Å². The minimum Gasteiger partial charge on any atom is -0.434 e. The van der Waals surface area contributed by atoms with Crippen molar-refractivity contribution in [3.63, 3.8) is 0 Å². The zero-order chi connectivity index (χ0) is 13.1. The zero-order valence-corrected chi connectivity index (χ0v) is 11.6. The van der Waals surface area contributed by atoms with E-state index in [2.05, 4.69) is 32.6 Å². The Morgan fingerprint density at radius 2 is 2.17 bits per heavy atom. The molecule has 0 saturated carbocycles. The number of hydrogen-bond acceptors (Lipinski definition) is 5. The van der Waals surface area contributed by atoms with E-state index in [1.165, 1.54) is 0 Å². The van der Waals surface area contributed by atoms with E-state index in [-0.39, 0.29) is 11.0 Å². The van der Waals surface area contributed by atoms with Crippen molar-refractivity contribution in [2.75, 3.05) is 0 Å². The molecule has 0 spiro atoms. The van der Waals surface area contributed by atoms with Crippen molar-refractivity contribution in [2.45, 2.75) is 0 Å². The molecule has 1 heterocycles. The molecule has 8 heteroatoms. The maximum atomic E-state index is 10.9. The molecular weight excluding hydrogens is 372 g/mol. The van der Waals surface area contributed by atoms with Crippen molar-refractivity contribution in [1.29, 1.82) is 0 Å². The van der Waals surface area contributed by atoms with Gasteiger partial charge in [-0.05, 0) is 40.8 Å². The lowest BCUT2D eigenvalue weighted by atomic mass is 10.3. The van der Waals surface area contributed by atoms with Crippen LogP contribution in [-0.4, -0.2) is 14.9 Å². The van der Waals surface area contributed by atoms with Crippen LogP contribution < -0.4 is 4.74 Å². The summed E-state index contributed by atoms with van der Waals surface area (Å²) in [5.74, 6) is 0.266. The lowest BCUT2D eigenvalue weighted by molar-refractivity contribution is -0.386. The third-order valence-electron chi connectivity index (χ3n) is 1.94. The number of rotatable bonds is 3. The Labute approximate surface area is 120 Å². The summed E-state index contributed by atoms with van der Waals surface area (Å²) >= 11 is 7.75. The summed E-state index contributed by atoms with van der Waals surface area (Å²) in [7, 11) is 0.